The van der Waals surface area contributed by atoms with E-state index in [9.17, 15) is 0 Å². The fourth-order valence-electron chi connectivity index (χ4n) is 1.71. The minimum Gasteiger partial charge on any atom is -0.382 e. The summed E-state index contributed by atoms with van der Waals surface area (Å²) in [4.78, 5) is 0. The second-order valence-electron chi connectivity index (χ2n) is 3.93. The molecular weight excluding hydrogens is 274 g/mol. The summed E-state index contributed by atoms with van der Waals surface area (Å²) in [6.45, 7) is 4.61. The van der Waals surface area contributed by atoms with Crippen LogP contribution in [0.5, 0.6) is 0 Å². The molecule has 0 saturated carbocycles. The molecule has 1 aromatic heterocycles. The molecule has 0 spiro atoms. The lowest BCUT2D eigenvalue weighted by molar-refractivity contribution is 1.24. The molecule has 3 N–H and O–H groups in total. The van der Waals surface area contributed by atoms with Crippen LogP contribution in [0.15, 0.2) is 43.0 Å². The number of aromatic nitrogens is 1. The highest BCUT2D eigenvalue weighted by Crippen LogP contribution is 2.36. The molecule has 0 saturated heterocycles. The molecule has 1 aromatic carbocycles. The molecular formula is C14H17N3S2. The first-order valence-electron chi connectivity index (χ1n) is 6.06. The van der Waals surface area contributed by atoms with Crippen LogP contribution < -0.4 is 11.1 Å². The molecule has 0 aliphatic rings. The first kappa shape index (κ1) is 14.0. The minimum atomic E-state index is 0.595. The Bertz CT molecular complexity index is 523. The largest absolute Gasteiger partial charge is 0.382 e. The molecule has 0 unspecified atom stereocenters. The summed E-state index contributed by atoms with van der Waals surface area (Å²) in [5.41, 5.74) is 8.09. The van der Waals surface area contributed by atoms with Gasteiger partial charge in [0.1, 0.15) is 10.8 Å². The lowest BCUT2D eigenvalue weighted by Gasteiger charge is -2.06. The number of hydrogen-bond donors (Lipinski definition) is 2. The molecule has 0 radical (unpaired) electrons. The van der Waals surface area contributed by atoms with Gasteiger partial charge in [-0.3, -0.25) is 0 Å². The number of benzene rings is 1. The highest BCUT2D eigenvalue weighted by atomic mass is 32.2. The van der Waals surface area contributed by atoms with Gasteiger partial charge >= 0.3 is 0 Å². The molecule has 0 atom stereocenters. The van der Waals surface area contributed by atoms with Gasteiger partial charge in [-0.05, 0) is 17.1 Å². The zero-order chi connectivity index (χ0) is 13.5. The number of thioether (sulfide) groups is 1. The van der Waals surface area contributed by atoms with E-state index in [1.54, 1.807) is 0 Å². The zero-order valence-corrected chi connectivity index (χ0v) is 12.3. The van der Waals surface area contributed by atoms with Crippen LogP contribution in [0.2, 0.25) is 0 Å². The Hall–Kier alpha value is -1.46. The highest BCUT2D eigenvalue weighted by Gasteiger charge is 2.12. The average molecular weight is 291 g/mol. The second kappa shape index (κ2) is 7.21. The van der Waals surface area contributed by atoms with E-state index >= 15 is 0 Å². The normalized spacial score (nSPS) is 10.3. The van der Waals surface area contributed by atoms with Crippen molar-refractivity contribution < 1.29 is 0 Å². The Morgan fingerprint density at radius 3 is 2.89 bits per heavy atom. The summed E-state index contributed by atoms with van der Waals surface area (Å²) in [5.74, 6) is 2.62. The van der Waals surface area contributed by atoms with Crippen LogP contribution in [0.25, 0.3) is 11.1 Å². The Labute approximate surface area is 122 Å². The molecule has 2 aromatic rings. The van der Waals surface area contributed by atoms with Crippen LogP contribution in [-0.2, 0) is 0 Å². The topological polar surface area (TPSA) is 50.9 Å². The van der Waals surface area contributed by atoms with E-state index in [2.05, 4.69) is 28.4 Å². The molecule has 0 aliphatic heterocycles. The molecule has 100 valence electrons. The molecule has 0 bridgehead atoms. The number of nitrogen functional groups attached to an aromatic ring is 1. The van der Waals surface area contributed by atoms with Gasteiger partial charge in [0.05, 0.1) is 5.56 Å². The number of anilines is 2. The van der Waals surface area contributed by atoms with Crippen LogP contribution >= 0.6 is 23.3 Å². The van der Waals surface area contributed by atoms with E-state index in [0.717, 1.165) is 34.2 Å². The molecule has 0 aliphatic carbocycles. The van der Waals surface area contributed by atoms with Crippen molar-refractivity contribution in [3.8, 4) is 11.1 Å². The van der Waals surface area contributed by atoms with Gasteiger partial charge in [0, 0.05) is 18.1 Å². The number of nitrogens with one attached hydrogen (secondary N) is 1. The van der Waals surface area contributed by atoms with Crippen LogP contribution in [0.1, 0.15) is 0 Å². The van der Waals surface area contributed by atoms with Gasteiger partial charge in [0.2, 0.25) is 0 Å². The van der Waals surface area contributed by atoms with E-state index < -0.39 is 0 Å². The third kappa shape index (κ3) is 3.75. The zero-order valence-electron chi connectivity index (χ0n) is 10.6. The molecule has 2 rings (SSSR count). The molecule has 1 heterocycles. The van der Waals surface area contributed by atoms with Crippen LogP contribution in [-0.4, -0.2) is 22.4 Å². The summed E-state index contributed by atoms with van der Waals surface area (Å²) < 4.78 is 4.24. The van der Waals surface area contributed by atoms with Gasteiger partial charge in [-0.2, -0.15) is 16.1 Å². The molecule has 5 heteroatoms. The van der Waals surface area contributed by atoms with Gasteiger partial charge in [-0.1, -0.05) is 36.4 Å². The predicted molar refractivity (Wildman–Crippen MR) is 88.0 cm³/mol. The number of hydrogen-bond acceptors (Lipinski definition) is 5. The predicted octanol–water partition coefficient (Wildman–Crippen LogP) is 3.72. The molecule has 3 nitrogen and oxygen atoms in total. The van der Waals surface area contributed by atoms with Crippen molar-refractivity contribution in [3.63, 3.8) is 0 Å². The monoisotopic (exact) mass is 291 g/mol. The molecule has 0 fully saturated rings. The van der Waals surface area contributed by atoms with Crippen molar-refractivity contribution in [2.45, 2.75) is 0 Å². The average Bonchev–Trinajstić information content (AvgIpc) is 2.81. The van der Waals surface area contributed by atoms with Crippen molar-refractivity contribution in [3.05, 3.63) is 43.0 Å². The van der Waals surface area contributed by atoms with E-state index in [4.69, 9.17) is 5.73 Å². The van der Waals surface area contributed by atoms with Gasteiger partial charge < -0.3 is 11.1 Å². The summed E-state index contributed by atoms with van der Waals surface area (Å²) >= 11 is 3.27. The fourth-order valence-corrected chi connectivity index (χ4v) is 3.05. The Morgan fingerprint density at radius 2 is 2.16 bits per heavy atom. The van der Waals surface area contributed by atoms with Crippen molar-refractivity contribution in [1.82, 2.24) is 4.37 Å². The van der Waals surface area contributed by atoms with Crippen molar-refractivity contribution >= 4 is 34.1 Å². The standard InChI is InChI=1S/C14H17N3S2/c1-2-9-18-10-8-16-14-12(13(15)17-19-14)11-6-4-3-5-7-11/h2-7,16H,1,8-10H2,(H2,15,17). The summed E-state index contributed by atoms with van der Waals surface area (Å²) in [6, 6.07) is 10.1. The second-order valence-corrected chi connectivity index (χ2v) is 5.85. The Kier molecular flexibility index (Phi) is 5.30. The van der Waals surface area contributed by atoms with E-state index in [1.165, 1.54) is 11.5 Å². The fraction of sp³-hybridized carbons (Fsp3) is 0.214. The maximum atomic E-state index is 5.97. The van der Waals surface area contributed by atoms with Crippen molar-refractivity contribution in [1.29, 1.82) is 0 Å². The van der Waals surface area contributed by atoms with Crippen LogP contribution in [0.3, 0.4) is 0 Å². The maximum Gasteiger partial charge on any atom is 0.147 e. The first-order valence-corrected chi connectivity index (χ1v) is 7.99. The number of nitrogens with zero attached hydrogens (tertiary/aromatic N) is 1. The van der Waals surface area contributed by atoms with Gasteiger partial charge in [-0.15, -0.1) is 6.58 Å². The van der Waals surface area contributed by atoms with Gasteiger partial charge in [-0.25, -0.2) is 0 Å². The van der Waals surface area contributed by atoms with Crippen LogP contribution in [0, 0.1) is 0 Å². The highest BCUT2D eigenvalue weighted by molar-refractivity contribution is 7.99. The Morgan fingerprint density at radius 1 is 1.37 bits per heavy atom. The third-order valence-electron chi connectivity index (χ3n) is 2.55. The maximum absolute atomic E-state index is 5.97. The summed E-state index contributed by atoms with van der Waals surface area (Å²) in [6.07, 6.45) is 1.92. The number of nitrogens with two attached hydrogens (primary N) is 1. The summed E-state index contributed by atoms with van der Waals surface area (Å²) in [7, 11) is 0. The smallest absolute Gasteiger partial charge is 0.147 e. The van der Waals surface area contributed by atoms with Gasteiger partial charge in [0.15, 0.2) is 0 Å². The van der Waals surface area contributed by atoms with Crippen LogP contribution in [0.4, 0.5) is 10.8 Å². The Balaban J connectivity index is 2.04. The summed E-state index contributed by atoms with van der Waals surface area (Å²) in [5, 5.41) is 4.46. The minimum absolute atomic E-state index is 0.595. The van der Waals surface area contributed by atoms with Crippen molar-refractivity contribution in [2.75, 3.05) is 29.1 Å². The molecule has 0 amide bonds. The van der Waals surface area contributed by atoms with E-state index in [-0.39, 0.29) is 0 Å². The SMILES string of the molecule is C=CCSCCNc1snc(N)c1-c1ccccc1. The third-order valence-corrected chi connectivity index (χ3v) is 4.33. The van der Waals surface area contributed by atoms with E-state index in [0.29, 0.717) is 5.82 Å². The van der Waals surface area contributed by atoms with E-state index in [1.807, 2.05) is 36.0 Å². The lowest BCUT2D eigenvalue weighted by Crippen LogP contribution is -2.04. The number of rotatable bonds is 7. The van der Waals surface area contributed by atoms with Gasteiger partial charge in [0.25, 0.3) is 0 Å². The quantitative estimate of drug-likeness (QED) is 0.603. The molecule has 19 heavy (non-hydrogen) atoms. The lowest BCUT2D eigenvalue weighted by atomic mass is 10.1. The first-order chi connectivity index (χ1) is 9.33. The van der Waals surface area contributed by atoms with Crippen molar-refractivity contribution in [2.24, 2.45) is 0 Å².